The van der Waals surface area contributed by atoms with Crippen LogP contribution in [0.25, 0.3) is 0 Å². The average molecular weight is 230 g/mol. The van der Waals surface area contributed by atoms with E-state index in [-0.39, 0.29) is 6.04 Å². The summed E-state index contributed by atoms with van der Waals surface area (Å²) in [6.07, 6.45) is 1.01. The summed E-state index contributed by atoms with van der Waals surface area (Å²) in [5, 5.41) is 8.86. The molecule has 0 bridgehead atoms. The molecule has 0 aromatic heterocycles. The predicted octanol–water partition coefficient (Wildman–Crippen LogP) is 3.00. The van der Waals surface area contributed by atoms with Crippen LogP contribution in [0.15, 0.2) is 12.1 Å². The van der Waals surface area contributed by atoms with Crippen LogP contribution in [-0.2, 0) is 6.42 Å². The lowest BCUT2D eigenvalue weighted by atomic mass is 9.97. The van der Waals surface area contributed by atoms with Crippen molar-refractivity contribution < 1.29 is 0 Å². The molecule has 1 aromatic rings. The number of hydrogen-bond donors (Lipinski definition) is 0. The monoisotopic (exact) mass is 230 g/mol. The summed E-state index contributed by atoms with van der Waals surface area (Å²) in [7, 11) is 2.01. The summed E-state index contributed by atoms with van der Waals surface area (Å²) in [5.41, 5.74) is 5.47. The maximum Gasteiger partial charge on any atom is 0.0946 e. The summed E-state index contributed by atoms with van der Waals surface area (Å²) in [6.45, 7) is 9.34. The number of aryl methyl sites for hydroxylation is 3. The molecule has 1 rings (SSSR count). The van der Waals surface area contributed by atoms with Crippen molar-refractivity contribution in [2.75, 3.05) is 13.6 Å². The van der Waals surface area contributed by atoms with Crippen LogP contribution < -0.4 is 0 Å². The standard InChI is InChI=1S/C15H22N2/c1-11-8-12(2)15(13(3)9-11)6-7-17(5)14(4)10-16/h8-9,14H,6-7H2,1-5H3. The van der Waals surface area contributed by atoms with E-state index in [4.69, 9.17) is 5.26 Å². The predicted molar refractivity (Wildman–Crippen MR) is 72.1 cm³/mol. The molecule has 17 heavy (non-hydrogen) atoms. The summed E-state index contributed by atoms with van der Waals surface area (Å²) < 4.78 is 0. The highest BCUT2D eigenvalue weighted by atomic mass is 15.1. The maximum atomic E-state index is 8.86. The van der Waals surface area contributed by atoms with Gasteiger partial charge in [0.25, 0.3) is 0 Å². The third kappa shape index (κ3) is 3.57. The Labute approximate surface area is 105 Å². The van der Waals surface area contributed by atoms with E-state index in [0.717, 1.165) is 13.0 Å². The zero-order chi connectivity index (χ0) is 13.0. The molecule has 0 fully saturated rings. The van der Waals surface area contributed by atoms with Gasteiger partial charge in [0.2, 0.25) is 0 Å². The first-order valence-corrected chi connectivity index (χ1v) is 6.12. The summed E-state index contributed by atoms with van der Waals surface area (Å²) in [5.74, 6) is 0. The molecule has 0 aliphatic carbocycles. The molecule has 0 saturated heterocycles. The number of likely N-dealkylation sites (N-methyl/N-ethyl adjacent to an activating group) is 1. The molecule has 0 amide bonds. The van der Waals surface area contributed by atoms with Gasteiger partial charge in [-0.25, -0.2) is 0 Å². The second-order valence-corrected chi connectivity index (χ2v) is 4.91. The molecule has 0 aliphatic heterocycles. The minimum absolute atomic E-state index is 0.0129. The molecule has 0 saturated carbocycles. The molecule has 0 aliphatic rings. The van der Waals surface area contributed by atoms with Gasteiger partial charge in [-0.1, -0.05) is 17.7 Å². The molecule has 0 heterocycles. The van der Waals surface area contributed by atoms with Crippen LogP contribution in [0.1, 0.15) is 29.2 Å². The van der Waals surface area contributed by atoms with Gasteiger partial charge in [-0.15, -0.1) is 0 Å². The summed E-state index contributed by atoms with van der Waals surface area (Å²) >= 11 is 0. The molecule has 92 valence electrons. The Morgan fingerprint density at radius 2 is 1.76 bits per heavy atom. The van der Waals surface area contributed by atoms with E-state index in [1.807, 2.05) is 14.0 Å². The zero-order valence-electron chi connectivity index (χ0n) is 11.5. The smallest absolute Gasteiger partial charge is 0.0946 e. The first kappa shape index (κ1) is 13.7. The van der Waals surface area contributed by atoms with Crippen LogP contribution in [0, 0.1) is 32.1 Å². The van der Waals surface area contributed by atoms with Gasteiger partial charge in [0.1, 0.15) is 0 Å². The summed E-state index contributed by atoms with van der Waals surface area (Å²) in [4.78, 5) is 2.10. The van der Waals surface area contributed by atoms with Gasteiger partial charge in [-0.2, -0.15) is 5.26 Å². The fraction of sp³-hybridized carbons (Fsp3) is 0.533. The van der Waals surface area contributed by atoms with Crippen LogP contribution in [-0.4, -0.2) is 24.5 Å². The molecular formula is C15H22N2. The quantitative estimate of drug-likeness (QED) is 0.795. The zero-order valence-corrected chi connectivity index (χ0v) is 11.5. The highest BCUT2D eigenvalue weighted by Gasteiger charge is 2.09. The van der Waals surface area contributed by atoms with Crippen LogP contribution in [0.3, 0.4) is 0 Å². The molecule has 0 radical (unpaired) electrons. The SMILES string of the molecule is Cc1cc(C)c(CCN(C)C(C)C#N)c(C)c1. The topological polar surface area (TPSA) is 27.0 Å². The first-order chi connectivity index (χ1) is 7.95. The van der Waals surface area contributed by atoms with Gasteiger partial charge in [0.05, 0.1) is 12.1 Å². The largest absolute Gasteiger partial charge is 0.291 e. The van der Waals surface area contributed by atoms with Gasteiger partial charge >= 0.3 is 0 Å². The van der Waals surface area contributed by atoms with E-state index in [2.05, 4.69) is 43.9 Å². The van der Waals surface area contributed by atoms with E-state index in [9.17, 15) is 0 Å². The normalized spacial score (nSPS) is 12.5. The fourth-order valence-electron chi connectivity index (χ4n) is 2.18. The van der Waals surface area contributed by atoms with Gasteiger partial charge in [0, 0.05) is 6.54 Å². The van der Waals surface area contributed by atoms with Crippen molar-refractivity contribution in [2.45, 2.75) is 40.2 Å². The summed E-state index contributed by atoms with van der Waals surface area (Å²) in [6, 6.07) is 6.72. The highest BCUT2D eigenvalue weighted by molar-refractivity contribution is 5.37. The molecule has 0 N–H and O–H groups in total. The van der Waals surface area contributed by atoms with Gasteiger partial charge < -0.3 is 0 Å². The Kier molecular flexibility index (Phi) is 4.72. The molecule has 2 nitrogen and oxygen atoms in total. The number of nitrogens with zero attached hydrogens (tertiary/aromatic N) is 2. The fourth-order valence-corrected chi connectivity index (χ4v) is 2.18. The number of hydrogen-bond acceptors (Lipinski definition) is 2. The minimum Gasteiger partial charge on any atom is -0.291 e. The second-order valence-electron chi connectivity index (χ2n) is 4.91. The molecule has 0 spiro atoms. The van der Waals surface area contributed by atoms with Crippen molar-refractivity contribution in [1.82, 2.24) is 4.90 Å². The van der Waals surface area contributed by atoms with Crippen LogP contribution in [0.2, 0.25) is 0 Å². The number of benzene rings is 1. The molecule has 1 atom stereocenters. The van der Waals surface area contributed by atoms with Gasteiger partial charge in [-0.3, -0.25) is 4.90 Å². The third-order valence-electron chi connectivity index (χ3n) is 3.40. The molecule has 1 aromatic carbocycles. The third-order valence-corrected chi connectivity index (χ3v) is 3.40. The van der Waals surface area contributed by atoms with Crippen molar-refractivity contribution in [3.63, 3.8) is 0 Å². The Bertz CT molecular complexity index is 406. The molecule has 2 heteroatoms. The number of nitriles is 1. The lowest BCUT2D eigenvalue weighted by molar-refractivity contribution is 0.306. The van der Waals surface area contributed by atoms with Crippen molar-refractivity contribution in [3.8, 4) is 6.07 Å². The Morgan fingerprint density at radius 1 is 1.24 bits per heavy atom. The van der Waals surface area contributed by atoms with Crippen molar-refractivity contribution in [1.29, 1.82) is 5.26 Å². The van der Waals surface area contributed by atoms with Gasteiger partial charge in [0.15, 0.2) is 0 Å². The van der Waals surface area contributed by atoms with Crippen molar-refractivity contribution in [2.24, 2.45) is 0 Å². The highest BCUT2D eigenvalue weighted by Crippen LogP contribution is 2.17. The van der Waals surface area contributed by atoms with Crippen LogP contribution >= 0.6 is 0 Å². The maximum absolute atomic E-state index is 8.86. The van der Waals surface area contributed by atoms with Crippen molar-refractivity contribution >= 4 is 0 Å². The van der Waals surface area contributed by atoms with E-state index in [0.29, 0.717) is 0 Å². The second kappa shape index (κ2) is 5.84. The van der Waals surface area contributed by atoms with Crippen LogP contribution in [0.5, 0.6) is 0 Å². The first-order valence-electron chi connectivity index (χ1n) is 6.12. The van der Waals surface area contributed by atoms with E-state index < -0.39 is 0 Å². The lowest BCUT2D eigenvalue weighted by Gasteiger charge is -2.20. The Balaban J connectivity index is 2.74. The van der Waals surface area contributed by atoms with Crippen LogP contribution in [0.4, 0.5) is 0 Å². The van der Waals surface area contributed by atoms with E-state index >= 15 is 0 Å². The number of rotatable bonds is 4. The average Bonchev–Trinajstić information content (AvgIpc) is 2.26. The lowest BCUT2D eigenvalue weighted by Crippen LogP contribution is -2.29. The Hall–Kier alpha value is -1.33. The minimum atomic E-state index is -0.0129. The van der Waals surface area contributed by atoms with E-state index in [1.165, 1.54) is 22.3 Å². The molecular weight excluding hydrogens is 208 g/mol. The van der Waals surface area contributed by atoms with Gasteiger partial charge in [-0.05, 0) is 57.9 Å². The Morgan fingerprint density at radius 3 is 2.24 bits per heavy atom. The van der Waals surface area contributed by atoms with Crippen molar-refractivity contribution in [3.05, 3.63) is 34.4 Å². The van der Waals surface area contributed by atoms with E-state index in [1.54, 1.807) is 0 Å². The molecule has 1 unspecified atom stereocenters.